The minimum atomic E-state index is 0.0370. The van der Waals surface area contributed by atoms with Gasteiger partial charge in [-0.1, -0.05) is 12.2 Å². The van der Waals surface area contributed by atoms with Gasteiger partial charge in [-0.3, -0.25) is 0 Å². The molecule has 0 bridgehead atoms. The number of aliphatic hydroxyl groups excluding tert-OH is 1. The Morgan fingerprint density at radius 2 is 2.20 bits per heavy atom. The zero-order valence-corrected chi connectivity index (χ0v) is 3.88. The van der Waals surface area contributed by atoms with Gasteiger partial charge in [0.15, 0.2) is 7.85 Å². The van der Waals surface area contributed by atoms with Crippen molar-refractivity contribution in [3.8, 4) is 0 Å². The average Bonchev–Trinajstić information content (AvgIpc) is 1.38. The predicted molar refractivity (Wildman–Crippen MR) is 28.2 cm³/mol. The Balaban J connectivity index is 2.85. The fourth-order valence-electron chi connectivity index (χ4n) is 0. The van der Waals surface area contributed by atoms with Crippen molar-refractivity contribution >= 4 is 24.8 Å². The largest absolute Gasteiger partial charge is 0.392 e. The first kappa shape index (κ1) is 5.11. The topological polar surface area (TPSA) is 20.2 Å². The predicted octanol–water partition coefficient (Wildman–Crippen LogP) is -1.06. The fourth-order valence-corrected chi connectivity index (χ4v) is 0. The molecule has 0 atom stereocenters. The molecule has 0 aromatic rings. The zero-order chi connectivity index (χ0) is 4.28. The lowest BCUT2D eigenvalue weighted by molar-refractivity contribution is 0.362. The molecule has 0 saturated carbocycles. The number of hydrogen-bond acceptors (Lipinski definition) is 2. The summed E-state index contributed by atoms with van der Waals surface area (Å²) in [6, 6.07) is 0. The highest BCUT2D eigenvalue weighted by atomic mass is 32.1. The molecule has 0 spiro atoms. The average molecular weight is 87.9 g/mol. The molecule has 0 aliphatic heterocycles. The van der Waals surface area contributed by atoms with E-state index in [2.05, 4.69) is 12.2 Å². The molecule has 0 aliphatic carbocycles. The molecule has 0 fully saturated rings. The van der Waals surface area contributed by atoms with Gasteiger partial charge in [-0.2, -0.15) is 0 Å². The van der Waals surface area contributed by atoms with Gasteiger partial charge in [0.2, 0.25) is 0 Å². The van der Waals surface area contributed by atoms with Crippen molar-refractivity contribution in [3.05, 3.63) is 0 Å². The van der Waals surface area contributed by atoms with E-state index in [1.807, 2.05) is 0 Å². The second-order valence-electron chi connectivity index (χ2n) is 0.860. The summed E-state index contributed by atoms with van der Waals surface area (Å²) in [6.45, 7) is 0.0370. The van der Waals surface area contributed by atoms with Crippen LogP contribution in [0.15, 0.2) is 0 Å². The fraction of sp³-hybridized carbons (Fsp3) is 0.500. The number of rotatable bonds is 1. The van der Waals surface area contributed by atoms with Crippen molar-refractivity contribution < 1.29 is 5.11 Å². The summed E-state index contributed by atoms with van der Waals surface area (Å²) < 4.78 is 0.644. The first-order valence-corrected chi connectivity index (χ1v) is 1.78. The smallest absolute Gasteiger partial charge is 0.151 e. The van der Waals surface area contributed by atoms with Crippen LogP contribution in [0.25, 0.3) is 0 Å². The van der Waals surface area contributed by atoms with Crippen molar-refractivity contribution in [2.45, 2.75) is 0 Å². The number of thiocarbonyl (C=S) groups is 1. The van der Waals surface area contributed by atoms with Crippen LogP contribution in [0.1, 0.15) is 0 Å². The Morgan fingerprint density at radius 3 is 2.20 bits per heavy atom. The molecule has 28 valence electrons. The molecule has 3 heteroatoms. The van der Waals surface area contributed by atoms with Crippen LogP contribution in [0, 0.1) is 0 Å². The molecule has 0 aliphatic rings. The number of hydrogen-bond donors (Lipinski definition) is 1. The third-order valence-corrected chi connectivity index (χ3v) is 0.352. The maximum absolute atomic E-state index is 8.00. The molecule has 0 saturated heterocycles. The molecule has 5 heavy (non-hydrogen) atoms. The van der Waals surface area contributed by atoms with Crippen molar-refractivity contribution in [1.82, 2.24) is 0 Å². The van der Waals surface area contributed by atoms with Crippen molar-refractivity contribution in [2.24, 2.45) is 0 Å². The third-order valence-electron chi connectivity index (χ3n) is 0.223. The Bertz CT molecular complexity index is 44.9. The second kappa shape index (κ2) is 2.36. The first-order chi connectivity index (χ1) is 2.27. The normalized spacial score (nSPS) is 7.40. The van der Waals surface area contributed by atoms with E-state index in [1.54, 1.807) is 7.85 Å². The van der Waals surface area contributed by atoms with Crippen LogP contribution >= 0.6 is 12.2 Å². The summed E-state index contributed by atoms with van der Waals surface area (Å²) in [5, 5.41) is 8.00. The van der Waals surface area contributed by atoms with Crippen LogP contribution in [-0.4, -0.2) is 24.3 Å². The van der Waals surface area contributed by atoms with E-state index in [1.165, 1.54) is 0 Å². The molecule has 1 nitrogen and oxygen atoms in total. The maximum atomic E-state index is 8.00. The molecular formula is C2H5BOS. The van der Waals surface area contributed by atoms with Gasteiger partial charge in [0.05, 0.1) is 6.61 Å². The molecule has 0 heterocycles. The van der Waals surface area contributed by atoms with Gasteiger partial charge in [0.1, 0.15) is 0 Å². The number of aliphatic hydroxyl groups is 1. The minimum absolute atomic E-state index is 0.0370. The monoisotopic (exact) mass is 88.0 g/mol. The Kier molecular flexibility index (Phi) is 2.41. The molecule has 0 radical (unpaired) electrons. The lowest BCUT2D eigenvalue weighted by Gasteiger charge is -1.76. The molecule has 0 unspecified atom stereocenters. The third kappa shape index (κ3) is 4.11. The van der Waals surface area contributed by atoms with E-state index in [4.69, 9.17) is 5.11 Å². The SMILES string of the molecule is BC(=S)CO. The highest BCUT2D eigenvalue weighted by molar-refractivity contribution is 7.83. The highest BCUT2D eigenvalue weighted by Crippen LogP contribution is 1.58. The van der Waals surface area contributed by atoms with Crippen molar-refractivity contribution in [2.75, 3.05) is 6.61 Å². The summed E-state index contributed by atoms with van der Waals surface area (Å²) >= 11 is 4.45. The summed E-state index contributed by atoms with van der Waals surface area (Å²) in [5.41, 5.74) is 0. The second-order valence-corrected chi connectivity index (χ2v) is 1.56. The van der Waals surface area contributed by atoms with E-state index in [0.717, 1.165) is 0 Å². The van der Waals surface area contributed by atoms with Gasteiger partial charge < -0.3 is 5.11 Å². The molecule has 0 amide bonds. The molecular weight excluding hydrogens is 82.9 g/mol. The molecule has 0 rings (SSSR count). The van der Waals surface area contributed by atoms with Crippen LogP contribution in [0.4, 0.5) is 0 Å². The molecule has 0 aromatic carbocycles. The highest BCUT2D eigenvalue weighted by Gasteiger charge is 1.73. The van der Waals surface area contributed by atoms with Crippen LogP contribution in [0.5, 0.6) is 0 Å². The lowest BCUT2D eigenvalue weighted by atomic mass is 10.1. The van der Waals surface area contributed by atoms with Crippen LogP contribution in [0.2, 0.25) is 0 Å². The van der Waals surface area contributed by atoms with Crippen LogP contribution in [0.3, 0.4) is 0 Å². The molecule has 1 N–H and O–H groups in total. The molecule has 0 aromatic heterocycles. The maximum Gasteiger partial charge on any atom is 0.151 e. The first-order valence-electron chi connectivity index (χ1n) is 1.37. The van der Waals surface area contributed by atoms with Crippen LogP contribution < -0.4 is 0 Å². The van der Waals surface area contributed by atoms with Gasteiger partial charge in [0.25, 0.3) is 0 Å². The van der Waals surface area contributed by atoms with Crippen molar-refractivity contribution in [1.29, 1.82) is 0 Å². The van der Waals surface area contributed by atoms with Gasteiger partial charge in [-0.15, -0.1) is 0 Å². The van der Waals surface area contributed by atoms with E-state index < -0.39 is 0 Å². The zero-order valence-electron chi connectivity index (χ0n) is 3.06. The Hall–Kier alpha value is 0.115. The van der Waals surface area contributed by atoms with Crippen LogP contribution in [-0.2, 0) is 0 Å². The van der Waals surface area contributed by atoms with Gasteiger partial charge in [-0.05, 0) is 4.76 Å². The van der Waals surface area contributed by atoms with E-state index in [-0.39, 0.29) is 6.61 Å². The van der Waals surface area contributed by atoms with E-state index in [9.17, 15) is 0 Å². The van der Waals surface area contributed by atoms with Gasteiger partial charge in [-0.25, -0.2) is 0 Å². The summed E-state index contributed by atoms with van der Waals surface area (Å²) in [4.78, 5) is 0. The van der Waals surface area contributed by atoms with E-state index >= 15 is 0 Å². The lowest BCUT2D eigenvalue weighted by Crippen LogP contribution is -1.96. The quantitative estimate of drug-likeness (QED) is 0.325. The van der Waals surface area contributed by atoms with Gasteiger partial charge in [0, 0.05) is 0 Å². The standard InChI is InChI=1S/C2H5BOS/c3-2(5)1-4/h4H,1,3H2. The Labute approximate surface area is 37.4 Å². The van der Waals surface area contributed by atoms with Gasteiger partial charge >= 0.3 is 0 Å². The summed E-state index contributed by atoms with van der Waals surface area (Å²) in [6.07, 6.45) is 0. The minimum Gasteiger partial charge on any atom is -0.392 e. The summed E-state index contributed by atoms with van der Waals surface area (Å²) in [5.74, 6) is 0. The van der Waals surface area contributed by atoms with Crippen molar-refractivity contribution in [3.63, 3.8) is 0 Å². The van der Waals surface area contributed by atoms with E-state index in [0.29, 0.717) is 4.76 Å². The summed E-state index contributed by atoms with van der Waals surface area (Å²) in [7, 11) is 1.70. The Morgan fingerprint density at radius 1 is 2.00 bits per heavy atom.